The molecule has 0 saturated carbocycles. The molecule has 4 heteroatoms. The smallest absolute Gasteiger partial charge is 0.168 e. The van der Waals surface area contributed by atoms with Crippen LogP contribution in [0.1, 0.15) is 76.5 Å². The number of hydrogen-bond donors (Lipinski definition) is 0. The van der Waals surface area contributed by atoms with E-state index in [1.54, 1.807) is 7.11 Å². The summed E-state index contributed by atoms with van der Waals surface area (Å²) >= 11 is 0. The summed E-state index contributed by atoms with van der Waals surface area (Å²) in [7, 11) is 1.72. The molecule has 1 unspecified atom stereocenters. The Balaban J connectivity index is 1.92. The van der Waals surface area contributed by atoms with Crippen LogP contribution in [0, 0.1) is 6.92 Å². The highest BCUT2D eigenvalue weighted by molar-refractivity contribution is 5.36. The van der Waals surface area contributed by atoms with Crippen molar-refractivity contribution >= 4 is 0 Å². The van der Waals surface area contributed by atoms with E-state index in [0.29, 0.717) is 6.04 Å². The summed E-state index contributed by atoms with van der Waals surface area (Å²) in [5.74, 6) is 0.601. The van der Waals surface area contributed by atoms with Gasteiger partial charge in [-0.3, -0.25) is 4.90 Å². The Morgan fingerprint density at radius 3 is 2.41 bits per heavy atom. The topological polar surface area (TPSA) is 30.9 Å². The van der Waals surface area contributed by atoms with Crippen molar-refractivity contribution in [3.8, 4) is 5.75 Å². The van der Waals surface area contributed by atoms with Gasteiger partial charge in [-0.25, -0.2) is 0 Å². The molecule has 0 aliphatic carbocycles. The lowest BCUT2D eigenvalue weighted by Crippen LogP contribution is -2.33. The zero-order valence-corrected chi connectivity index (χ0v) is 18.1. The zero-order chi connectivity index (χ0) is 19.7. The van der Waals surface area contributed by atoms with Gasteiger partial charge in [-0.05, 0) is 63.0 Å². The number of nitrogens with zero attached hydrogens (tertiary/aromatic N) is 1. The van der Waals surface area contributed by atoms with Crippen molar-refractivity contribution in [1.29, 1.82) is 0 Å². The van der Waals surface area contributed by atoms with Crippen molar-refractivity contribution < 1.29 is 14.2 Å². The molecule has 0 bridgehead atoms. The van der Waals surface area contributed by atoms with Crippen molar-refractivity contribution in [3.63, 3.8) is 0 Å². The van der Waals surface area contributed by atoms with Gasteiger partial charge in [-0.15, -0.1) is 0 Å². The molecule has 0 N–H and O–H groups in total. The first-order valence-electron chi connectivity index (χ1n) is 10.7. The fraction of sp³-hybridized carbons (Fsp3) is 0.739. The summed E-state index contributed by atoms with van der Waals surface area (Å²) in [5, 5.41) is 0. The Kier molecular flexibility index (Phi) is 9.07. The minimum atomic E-state index is -0.326. The van der Waals surface area contributed by atoms with Crippen molar-refractivity contribution in [3.05, 3.63) is 29.3 Å². The normalized spacial score (nSPS) is 17.4. The molecule has 154 valence electrons. The fourth-order valence-electron chi connectivity index (χ4n) is 4.17. The highest BCUT2D eigenvalue weighted by Gasteiger charge is 2.35. The molecule has 1 heterocycles. The highest BCUT2D eigenvalue weighted by atomic mass is 16.7. The number of benzene rings is 1. The second kappa shape index (κ2) is 11.0. The van der Waals surface area contributed by atoms with Crippen LogP contribution in [-0.4, -0.2) is 44.1 Å². The maximum absolute atomic E-state index is 6.04. The van der Waals surface area contributed by atoms with Gasteiger partial charge in [-0.2, -0.15) is 0 Å². The minimum absolute atomic E-state index is 0.326. The van der Waals surface area contributed by atoms with Gasteiger partial charge in [0.1, 0.15) is 5.75 Å². The van der Waals surface area contributed by atoms with E-state index in [1.807, 2.05) is 0 Å². The van der Waals surface area contributed by atoms with E-state index in [0.717, 1.165) is 51.3 Å². The van der Waals surface area contributed by atoms with Crippen LogP contribution in [0.15, 0.2) is 18.2 Å². The van der Waals surface area contributed by atoms with Crippen LogP contribution in [0.5, 0.6) is 5.75 Å². The van der Waals surface area contributed by atoms with E-state index >= 15 is 0 Å². The number of aryl methyl sites for hydroxylation is 1. The lowest BCUT2D eigenvalue weighted by molar-refractivity contribution is -0.169. The first-order valence-corrected chi connectivity index (χ1v) is 10.7. The quantitative estimate of drug-likeness (QED) is 0.451. The van der Waals surface area contributed by atoms with Gasteiger partial charge >= 0.3 is 0 Å². The molecule has 1 aliphatic heterocycles. The zero-order valence-electron chi connectivity index (χ0n) is 18.1. The number of methoxy groups -OCH3 is 1. The molecule has 0 aromatic heterocycles. The molecular formula is C23H39NO3. The van der Waals surface area contributed by atoms with E-state index < -0.39 is 0 Å². The predicted octanol–water partition coefficient (Wildman–Crippen LogP) is 5.49. The largest absolute Gasteiger partial charge is 0.497 e. The highest BCUT2D eigenvalue weighted by Crippen LogP contribution is 2.32. The number of rotatable bonds is 12. The van der Waals surface area contributed by atoms with E-state index in [1.165, 1.54) is 30.4 Å². The van der Waals surface area contributed by atoms with Gasteiger partial charge < -0.3 is 14.2 Å². The molecule has 1 fully saturated rings. The summed E-state index contributed by atoms with van der Waals surface area (Å²) in [6.07, 6.45) is 6.79. The van der Waals surface area contributed by atoms with E-state index in [2.05, 4.69) is 50.8 Å². The summed E-state index contributed by atoms with van der Waals surface area (Å²) in [4.78, 5) is 2.55. The average molecular weight is 378 g/mol. The first-order chi connectivity index (χ1) is 13.0. The molecule has 0 amide bonds. The van der Waals surface area contributed by atoms with Crippen LogP contribution in [0.25, 0.3) is 0 Å². The Hall–Kier alpha value is -1.10. The summed E-state index contributed by atoms with van der Waals surface area (Å²) < 4.78 is 17.4. The molecule has 0 spiro atoms. The maximum atomic E-state index is 6.04. The van der Waals surface area contributed by atoms with Gasteiger partial charge in [0.25, 0.3) is 0 Å². The third-order valence-electron chi connectivity index (χ3n) is 5.86. The Labute approximate surface area is 166 Å². The monoisotopic (exact) mass is 377 g/mol. The van der Waals surface area contributed by atoms with Crippen molar-refractivity contribution in [2.24, 2.45) is 0 Å². The summed E-state index contributed by atoms with van der Waals surface area (Å²) in [5.41, 5.74) is 2.67. The SMILES string of the molecule is CCCCCC1(CCCN(CC)C(C)c2ccc(OC)cc2C)OCCO1. The van der Waals surface area contributed by atoms with Crippen LogP contribution in [0.2, 0.25) is 0 Å². The molecule has 1 aliphatic rings. The van der Waals surface area contributed by atoms with Crippen LogP contribution >= 0.6 is 0 Å². The van der Waals surface area contributed by atoms with Crippen molar-refractivity contribution in [2.75, 3.05) is 33.4 Å². The Morgan fingerprint density at radius 2 is 1.81 bits per heavy atom. The molecule has 27 heavy (non-hydrogen) atoms. The Morgan fingerprint density at radius 1 is 1.11 bits per heavy atom. The molecule has 1 saturated heterocycles. The van der Waals surface area contributed by atoms with Gasteiger partial charge in [-0.1, -0.05) is 32.8 Å². The van der Waals surface area contributed by atoms with E-state index in [9.17, 15) is 0 Å². The number of hydrogen-bond acceptors (Lipinski definition) is 4. The summed E-state index contributed by atoms with van der Waals surface area (Å²) in [6, 6.07) is 6.79. The van der Waals surface area contributed by atoms with Gasteiger partial charge in [0, 0.05) is 18.9 Å². The Bertz CT molecular complexity index is 555. The lowest BCUT2D eigenvalue weighted by atomic mass is 9.99. The minimum Gasteiger partial charge on any atom is -0.497 e. The van der Waals surface area contributed by atoms with Crippen molar-refractivity contribution in [1.82, 2.24) is 4.90 Å². The van der Waals surface area contributed by atoms with E-state index in [-0.39, 0.29) is 5.79 Å². The molecule has 1 aromatic carbocycles. The third-order valence-corrected chi connectivity index (χ3v) is 5.86. The maximum Gasteiger partial charge on any atom is 0.168 e. The molecule has 1 aromatic rings. The summed E-state index contributed by atoms with van der Waals surface area (Å²) in [6.45, 7) is 12.5. The van der Waals surface area contributed by atoms with Crippen LogP contribution < -0.4 is 4.74 Å². The average Bonchev–Trinajstić information content (AvgIpc) is 3.14. The van der Waals surface area contributed by atoms with Gasteiger partial charge in [0.15, 0.2) is 5.79 Å². The molecule has 1 atom stereocenters. The van der Waals surface area contributed by atoms with Crippen LogP contribution in [-0.2, 0) is 9.47 Å². The number of ether oxygens (including phenoxy) is 3. The molecule has 0 radical (unpaired) electrons. The predicted molar refractivity (Wildman–Crippen MR) is 111 cm³/mol. The molecule has 2 rings (SSSR count). The van der Waals surface area contributed by atoms with E-state index in [4.69, 9.17) is 14.2 Å². The van der Waals surface area contributed by atoms with Crippen molar-refractivity contribution in [2.45, 2.75) is 78.0 Å². The standard InChI is InChI=1S/C23H39NO3/c1-6-8-9-13-23(26-16-17-27-23)14-10-15-24(7-2)20(4)22-12-11-21(25-5)18-19(22)3/h11-12,18,20H,6-10,13-17H2,1-5H3. The van der Waals surface area contributed by atoms with Gasteiger partial charge in [0.2, 0.25) is 0 Å². The number of unbranched alkanes of at least 4 members (excludes halogenated alkanes) is 2. The van der Waals surface area contributed by atoms with Gasteiger partial charge in [0.05, 0.1) is 20.3 Å². The first kappa shape index (κ1) is 22.2. The molecular weight excluding hydrogens is 338 g/mol. The van der Waals surface area contributed by atoms with Crippen LogP contribution in [0.4, 0.5) is 0 Å². The lowest BCUT2D eigenvalue weighted by Gasteiger charge is -2.32. The molecule has 4 nitrogen and oxygen atoms in total. The second-order valence-corrected chi connectivity index (χ2v) is 7.70. The fourth-order valence-corrected chi connectivity index (χ4v) is 4.17. The second-order valence-electron chi connectivity index (χ2n) is 7.70. The third kappa shape index (κ3) is 6.20. The van der Waals surface area contributed by atoms with Crippen LogP contribution in [0.3, 0.4) is 0 Å².